The molecule has 2 N–H and O–H groups in total. The highest BCUT2D eigenvalue weighted by molar-refractivity contribution is 14.0. The van der Waals surface area contributed by atoms with Gasteiger partial charge in [0.15, 0.2) is 5.96 Å². The lowest BCUT2D eigenvalue weighted by Gasteiger charge is -2.22. The Hall–Kier alpha value is -1.79. The molecule has 27 heavy (non-hydrogen) atoms. The van der Waals surface area contributed by atoms with Crippen LogP contribution in [0.5, 0.6) is 0 Å². The fraction of sp³-hybridized carbons (Fsp3) is 0.294. The number of hydrogen-bond acceptors (Lipinski definition) is 4. The highest BCUT2D eigenvalue weighted by atomic mass is 127. The van der Waals surface area contributed by atoms with Crippen molar-refractivity contribution in [3.63, 3.8) is 0 Å². The van der Waals surface area contributed by atoms with E-state index in [1.807, 2.05) is 11.9 Å². The van der Waals surface area contributed by atoms with Crippen molar-refractivity contribution in [2.24, 2.45) is 4.99 Å². The Morgan fingerprint density at radius 3 is 2.52 bits per heavy atom. The van der Waals surface area contributed by atoms with Crippen LogP contribution >= 0.6 is 24.0 Å². The van der Waals surface area contributed by atoms with Crippen LogP contribution in [-0.4, -0.2) is 51.4 Å². The molecule has 7 nitrogen and oxygen atoms in total. The zero-order chi connectivity index (χ0) is 19.0. The molecule has 0 saturated carbocycles. The van der Waals surface area contributed by atoms with Crippen LogP contribution in [0.1, 0.15) is 5.56 Å². The Kier molecular flexibility index (Phi) is 9.60. The maximum absolute atomic E-state index is 13.0. The summed E-state index contributed by atoms with van der Waals surface area (Å²) in [7, 11) is -0.0914. The number of halogens is 2. The number of guanidine groups is 1. The van der Waals surface area contributed by atoms with Gasteiger partial charge >= 0.3 is 0 Å². The van der Waals surface area contributed by atoms with Gasteiger partial charge in [-0.3, -0.25) is 9.98 Å². The number of aromatic nitrogens is 1. The van der Waals surface area contributed by atoms with Gasteiger partial charge in [-0.15, -0.1) is 24.0 Å². The summed E-state index contributed by atoms with van der Waals surface area (Å²) in [6, 6.07) is 9.29. The summed E-state index contributed by atoms with van der Waals surface area (Å²) >= 11 is 0. The van der Waals surface area contributed by atoms with Gasteiger partial charge in [-0.05, 0) is 29.8 Å². The second-order valence-corrected chi connectivity index (χ2v) is 7.31. The molecule has 148 valence electrons. The van der Waals surface area contributed by atoms with E-state index < -0.39 is 10.0 Å². The monoisotopic (exact) mass is 507 g/mol. The molecule has 2 aromatic rings. The van der Waals surface area contributed by atoms with Crippen molar-refractivity contribution in [1.29, 1.82) is 0 Å². The molecule has 10 heteroatoms. The van der Waals surface area contributed by atoms with Crippen LogP contribution in [0.3, 0.4) is 0 Å². The minimum absolute atomic E-state index is 0. The van der Waals surface area contributed by atoms with Crippen LogP contribution in [0, 0.1) is 5.82 Å². The van der Waals surface area contributed by atoms with Gasteiger partial charge in [0.2, 0.25) is 10.0 Å². The highest BCUT2D eigenvalue weighted by Gasteiger charge is 2.13. The topological polar surface area (TPSA) is 86.7 Å². The first-order valence-corrected chi connectivity index (χ1v) is 9.46. The van der Waals surface area contributed by atoms with Crippen molar-refractivity contribution in [1.82, 2.24) is 19.9 Å². The zero-order valence-electron chi connectivity index (χ0n) is 15.1. The molecule has 0 aliphatic carbocycles. The van der Waals surface area contributed by atoms with Crippen molar-refractivity contribution in [3.8, 4) is 0 Å². The molecule has 0 unspecified atom stereocenters. The van der Waals surface area contributed by atoms with E-state index in [1.54, 1.807) is 25.2 Å². The zero-order valence-corrected chi connectivity index (χ0v) is 18.2. The second-order valence-electron chi connectivity index (χ2n) is 5.54. The Morgan fingerprint density at radius 1 is 1.22 bits per heavy atom. The molecule has 0 bridgehead atoms. The SMILES string of the molecule is CN=C(NCCNS(=O)(=O)c1cccnc1)N(C)Cc1ccc(F)cc1.I. The predicted molar refractivity (Wildman–Crippen MR) is 114 cm³/mol. The van der Waals surface area contributed by atoms with E-state index in [1.165, 1.54) is 30.6 Å². The minimum atomic E-state index is -3.58. The first kappa shape index (κ1) is 23.2. The molecule has 1 aromatic carbocycles. The van der Waals surface area contributed by atoms with Gasteiger partial charge in [-0.2, -0.15) is 0 Å². The van der Waals surface area contributed by atoms with E-state index in [0.717, 1.165) is 5.56 Å². The summed E-state index contributed by atoms with van der Waals surface area (Å²) in [6.45, 7) is 1.10. The third-order valence-corrected chi connectivity index (χ3v) is 5.00. The van der Waals surface area contributed by atoms with E-state index in [-0.39, 0.29) is 41.2 Å². The quantitative estimate of drug-likeness (QED) is 0.259. The summed E-state index contributed by atoms with van der Waals surface area (Å²) in [5.41, 5.74) is 0.939. The van der Waals surface area contributed by atoms with Gasteiger partial charge in [0, 0.05) is 46.1 Å². The standard InChI is InChI=1S/C17H22FN5O2S.HI/c1-19-17(23(2)13-14-5-7-15(18)8-6-14)21-10-11-22-26(24,25)16-4-3-9-20-12-16;/h3-9,12,22H,10-11,13H2,1-2H3,(H,19,21);1H. The van der Waals surface area contributed by atoms with Gasteiger partial charge in [0.25, 0.3) is 0 Å². The largest absolute Gasteiger partial charge is 0.355 e. The summed E-state index contributed by atoms with van der Waals surface area (Å²) in [5.74, 6) is 0.328. The van der Waals surface area contributed by atoms with Crippen molar-refractivity contribution in [2.75, 3.05) is 27.2 Å². The molecular weight excluding hydrogens is 484 g/mol. The van der Waals surface area contributed by atoms with E-state index in [2.05, 4.69) is 20.0 Å². The number of pyridine rings is 1. The van der Waals surface area contributed by atoms with Gasteiger partial charge < -0.3 is 10.2 Å². The number of nitrogens with one attached hydrogen (secondary N) is 2. The Labute approximate surface area is 176 Å². The summed E-state index contributed by atoms with van der Waals surface area (Å²) in [4.78, 5) is 9.96. The lowest BCUT2D eigenvalue weighted by Crippen LogP contribution is -2.42. The Morgan fingerprint density at radius 2 is 1.93 bits per heavy atom. The average Bonchev–Trinajstić information content (AvgIpc) is 2.64. The molecule has 0 radical (unpaired) electrons. The van der Waals surface area contributed by atoms with Gasteiger partial charge in [0.1, 0.15) is 10.7 Å². The number of sulfonamides is 1. The number of rotatable bonds is 7. The lowest BCUT2D eigenvalue weighted by atomic mass is 10.2. The van der Waals surface area contributed by atoms with Crippen LogP contribution in [0.4, 0.5) is 4.39 Å². The Bertz CT molecular complexity index is 832. The van der Waals surface area contributed by atoms with Crippen molar-refractivity contribution >= 4 is 40.0 Å². The molecule has 0 spiro atoms. The lowest BCUT2D eigenvalue weighted by molar-refractivity contribution is 0.476. The Balaban J connectivity index is 0.00000364. The van der Waals surface area contributed by atoms with Gasteiger partial charge in [0.05, 0.1) is 0 Å². The third-order valence-electron chi connectivity index (χ3n) is 3.55. The normalized spacial score (nSPS) is 11.6. The van der Waals surface area contributed by atoms with E-state index in [0.29, 0.717) is 19.0 Å². The van der Waals surface area contributed by atoms with Crippen molar-refractivity contribution in [2.45, 2.75) is 11.4 Å². The van der Waals surface area contributed by atoms with Crippen LogP contribution in [0.15, 0.2) is 58.7 Å². The fourth-order valence-corrected chi connectivity index (χ4v) is 3.27. The number of nitrogens with zero attached hydrogens (tertiary/aromatic N) is 3. The molecule has 0 aliphatic heterocycles. The first-order chi connectivity index (χ1) is 12.4. The van der Waals surface area contributed by atoms with Crippen LogP contribution in [0.2, 0.25) is 0 Å². The summed E-state index contributed by atoms with van der Waals surface area (Å²) in [5, 5.41) is 3.08. The smallest absolute Gasteiger partial charge is 0.242 e. The van der Waals surface area contributed by atoms with Crippen LogP contribution in [0.25, 0.3) is 0 Å². The highest BCUT2D eigenvalue weighted by Crippen LogP contribution is 2.06. The molecule has 0 fully saturated rings. The number of benzene rings is 1. The maximum atomic E-state index is 13.0. The molecule has 1 heterocycles. The second kappa shape index (κ2) is 11.1. The number of aliphatic imine (C=N–C) groups is 1. The molecule has 1 aromatic heterocycles. The third kappa shape index (κ3) is 7.39. The molecule has 0 aliphatic rings. The molecular formula is C17H23FIN5O2S. The summed E-state index contributed by atoms with van der Waals surface area (Å²) < 4.78 is 39.7. The van der Waals surface area contributed by atoms with Gasteiger partial charge in [-0.25, -0.2) is 17.5 Å². The first-order valence-electron chi connectivity index (χ1n) is 7.98. The molecule has 0 atom stereocenters. The van der Waals surface area contributed by atoms with Crippen LogP contribution < -0.4 is 10.0 Å². The number of hydrogen-bond donors (Lipinski definition) is 2. The maximum Gasteiger partial charge on any atom is 0.242 e. The van der Waals surface area contributed by atoms with E-state index in [4.69, 9.17) is 0 Å². The molecule has 0 amide bonds. The minimum Gasteiger partial charge on any atom is -0.355 e. The van der Waals surface area contributed by atoms with E-state index >= 15 is 0 Å². The fourth-order valence-electron chi connectivity index (χ4n) is 2.27. The van der Waals surface area contributed by atoms with Crippen molar-refractivity contribution in [3.05, 3.63) is 60.2 Å². The molecule has 0 saturated heterocycles. The molecule has 2 rings (SSSR count). The summed E-state index contributed by atoms with van der Waals surface area (Å²) in [6.07, 6.45) is 2.81. The van der Waals surface area contributed by atoms with Crippen molar-refractivity contribution < 1.29 is 12.8 Å². The average molecular weight is 507 g/mol. The van der Waals surface area contributed by atoms with Crippen LogP contribution in [-0.2, 0) is 16.6 Å². The van der Waals surface area contributed by atoms with E-state index in [9.17, 15) is 12.8 Å². The predicted octanol–water partition coefficient (Wildman–Crippen LogP) is 1.82. The van der Waals surface area contributed by atoms with Gasteiger partial charge in [-0.1, -0.05) is 12.1 Å².